The van der Waals surface area contributed by atoms with E-state index in [1.165, 1.54) is 31.3 Å². The number of methoxy groups -OCH3 is 2. The third-order valence-corrected chi connectivity index (χ3v) is 8.34. The predicted molar refractivity (Wildman–Crippen MR) is 159 cm³/mol. The summed E-state index contributed by atoms with van der Waals surface area (Å²) in [6.07, 6.45) is -5.58. The average molecular weight is 675 g/mol. The van der Waals surface area contributed by atoms with E-state index in [1.54, 1.807) is 37.9 Å². The standard InChI is InChI=1S/C29H28Cl2F3N3O6S/c1-28(2,3)43-27(40)35-11-14-6-17(30)24(18(31)7-14)44-21-10-22(29(32,33)34)36-25(38)23(21)26(39)37-12-15-8-19(41-4)20(42-5)9-16(15)13-37/h6-10H,11-13H2,1-5H3,(H,35,40)(H,36,38). The molecule has 0 radical (unpaired) electrons. The topological polar surface area (TPSA) is 110 Å². The van der Waals surface area contributed by atoms with Crippen LogP contribution < -0.4 is 20.3 Å². The summed E-state index contributed by atoms with van der Waals surface area (Å²) in [5, 5.41) is 2.63. The van der Waals surface area contributed by atoms with Gasteiger partial charge in [0.05, 0.1) is 24.3 Å². The van der Waals surface area contributed by atoms with Crippen LogP contribution in [0.3, 0.4) is 0 Å². The molecule has 1 aliphatic heterocycles. The van der Waals surface area contributed by atoms with E-state index in [4.69, 9.17) is 37.4 Å². The van der Waals surface area contributed by atoms with E-state index < -0.39 is 40.6 Å². The van der Waals surface area contributed by atoms with Gasteiger partial charge in [-0.05, 0) is 67.8 Å². The highest BCUT2D eigenvalue weighted by atomic mass is 35.5. The molecule has 236 valence electrons. The average Bonchev–Trinajstić information content (AvgIpc) is 3.34. The second kappa shape index (κ2) is 12.8. The van der Waals surface area contributed by atoms with Crippen LogP contribution in [-0.4, -0.2) is 41.7 Å². The number of hydrogen-bond acceptors (Lipinski definition) is 7. The van der Waals surface area contributed by atoms with Crippen LogP contribution >= 0.6 is 35.0 Å². The van der Waals surface area contributed by atoms with Crippen LogP contribution in [0.1, 0.15) is 53.5 Å². The lowest BCUT2D eigenvalue weighted by molar-refractivity contribution is -0.141. The summed E-state index contributed by atoms with van der Waals surface area (Å²) in [5.74, 6) is 0.0958. The van der Waals surface area contributed by atoms with Crippen molar-refractivity contribution in [2.45, 2.75) is 62.0 Å². The van der Waals surface area contributed by atoms with Gasteiger partial charge < -0.3 is 29.4 Å². The van der Waals surface area contributed by atoms with Crippen LogP contribution in [0.2, 0.25) is 10.0 Å². The molecular formula is C29H28Cl2F3N3O6S. The second-order valence-corrected chi connectivity index (χ2v) is 12.6. The summed E-state index contributed by atoms with van der Waals surface area (Å²) >= 11 is 13.6. The van der Waals surface area contributed by atoms with Crippen molar-refractivity contribution in [3.05, 3.63) is 78.7 Å². The van der Waals surface area contributed by atoms with E-state index >= 15 is 0 Å². The maximum Gasteiger partial charge on any atom is 0.431 e. The molecule has 0 fully saturated rings. The van der Waals surface area contributed by atoms with Gasteiger partial charge in [-0.1, -0.05) is 35.0 Å². The highest BCUT2D eigenvalue weighted by molar-refractivity contribution is 7.99. The van der Waals surface area contributed by atoms with Crippen LogP contribution in [0, 0.1) is 0 Å². The zero-order valence-corrected chi connectivity index (χ0v) is 26.5. The first kappa shape index (κ1) is 33.3. The van der Waals surface area contributed by atoms with Crippen LogP contribution in [0.25, 0.3) is 0 Å². The van der Waals surface area contributed by atoms with Gasteiger partial charge in [0, 0.05) is 29.4 Å². The molecule has 0 saturated heterocycles. The third-order valence-electron chi connectivity index (χ3n) is 6.34. The maximum absolute atomic E-state index is 13.7. The molecule has 0 atom stereocenters. The van der Waals surface area contributed by atoms with Crippen molar-refractivity contribution in [2.75, 3.05) is 14.2 Å². The molecule has 44 heavy (non-hydrogen) atoms. The summed E-state index contributed by atoms with van der Waals surface area (Å²) in [5.41, 5.74) is -1.83. The molecule has 1 aliphatic rings. The number of hydrogen-bond donors (Lipinski definition) is 2. The Kier molecular flexibility index (Phi) is 9.72. The molecule has 15 heteroatoms. The van der Waals surface area contributed by atoms with E-state index in [9.17, 15) is 27.6 Å². The van der Waals surface area contributed by atoms with Crippen molar-refractivity contribution >= 4 is 47.0 Å². The minimum atomic E-state index is -4.90. The number of pyridine rings is 1. The number of fused-ring (bicyclic) bond motifs is 1. The van der Waals surface area contributed by atoms with Crippen LogP contribution in [-0.2, 0) is 30.5 Å². The zero-order chi connectivity index (χ0) is 32.6. The van der Waals surface area contributed by atoms with Gasteiger partial charge in [0.1, 0.15) is 16.9 Å². The molecule has 2 amide bonds. The lowest BCUT2D eigenvalue weighted by atomic mass is 10.1. The number of amides is 2. The highest BCUT2D eigenvalue weighted by Gasteiger charge is 2.36. The molecule has 0 unspecified atom stereocenters. The predicted octanol–water partition coefficient (Wildman–Crippen LogP) is 7.05. The van der Waals surface area contributed by atoms with Crippen LogP contribution in [0.15, 0.2) is 44.9 Å². The number of ether oxygens (including phenoxy) is 3. The van der Waals surface area contributed by atoms with E-state index in [-0.39, 0.29) is 39.5 Å². The molecule has 0 bridgehead atoms. The molecule has 4 rings (SSSR count). The number of benzene rings is 2. The van der Waals surface area contributed by atoms with Crippen molar-refractivity contribution in [1.29, 1.82) is 0 Å². The van der Waals surface area contributed by atoms with Crippen molar-refractivity contribution in [2.24, 2.45) is 0 Å². The molecule has 9 nitrogen and oxygen atoms in total. The number of aromatic nitrogens is 1. The summed E-state index contributed by atoms with van der Waals surface area (Å²) in [6, 6.07) is 7.01. The van der Waals surface area contributed by atoms with Gasteiger partial charge >= 0.3 is 12.3 Å². The molecule has 0 spiro atoms. The fraction of sp³-hybridized carbons (Fsp3) is 0.345. The first-order valence-corrected chi connectivity index (χ1v) is 14.6. The number of nitrogens with one attached hydrogen (secondary N) is 2. The van der Waals surface area contributed by atoms with E-state index in [0.29, 0.717) is 34.9 Å². The van der Waals surface area contributed by atoms with Crippen molar-refractivity contribution in [3.63, 3.8) is 0 Å². The minimum absolute atomic E-state index is 0.00263. The lowest BCUT2D eigenvalue weighted by Gasteiger charge is -2.20. The van der Waals surface area contributed by atoms with Gasteiger partial charge in [0.2, 0.25) is 0 Å². The number of rotatable bonds is 7. The van der Waals surface area contributed by atoms with Crippen molar-refractivity contribution < 1.29 is 37.0 Å². The number of alkyl carbamates (subject to hydrolysis) is 1. The SMILES string of the molecule is COc1cc2c(cc1OC)CN(C(=O)c1c(Sc3c(Cl)cc(CNC(=O)OC(C)(C)C)cc3Cl)cc(C(F)(F)F)[nH]c1=O)C2. The quantitative estimate of drug-likeness (QED) is 0.277. The summed E-state index contributed by atoms with van der Waals surface area (Å²) in [6.45, 7) is 5.29. The summed E-state index contributed by atoms with van der Waals surface area (Å²) in [7, 11) is 2.93. The third kappa shape index (κ3) is 7.56. The Morgan fingerprint density at radius 1 is 0.977 bits per heavy atom. The van der Waals surface area contributed by atoms with Crippen LogP contribution in [0.5, 0.6) is 11.5 Å². The van der Waals surface area contributed by atoms with E-state index in [2.05, 4.69) is 5.32 Å². The second-order valence-electron chi connectivity index (χ2n) is 10.7. The first-order chi connectivity index (χ1) is 20.5. The molecule has 2 aromatic carbocycles. The van der Waals surface area contributed by atoms with Gasteiger partial charge in [-0.2, -0.15) is 13.2 Å². The fourth-order valence-corrected chi connectivity index (χ4v) is 6.16. The van der Waals surface area contributed by atoms with Gasteiger partial charge in [0.25, 0.3) is 11.5 Å². The molecule has 2 N–H and O–H groups in total. The van der Waals surface area contributed by atoms with Gasteiger partial charge in [-0.3, -0.25) is 9.59 Å². The monoisotopic (exact) mass is 673 g/mol. The van der Waals surface area contributed by atoms with Gasteiger partial charge in [-0.15, -0.1) is 0 Å². The molecular weight excluding hydrogens is 646 g/mol. The maximum atomic E-state index is 13.7. The highest BCUT2D eigenvalue weighted by Crippen LogP contribution is 2.42. The van der Waals surface area contributed by atoms with E-state index in [0.717, 1.165) is 11.1 Å². The Labute approximate surface area is 264 Å². The smallest absolute Gasteiger partial charge is 0.431 e. The Morgan fingerprint density at radius 3 is 2.00 bits per heavy atom. The Morgan fingerprint density at radius 2 is 1.52 bits per heavy atom. The van der Waals surface area contributed by atoms with Crippen molar-refractivity contribution in [3.8, 4) is 11.5 Å². The number of H-pyrrole nitrogens is 1. The van der Waals surface area contributed by atoms with Crippen molar-refractivity contribution in [1.82, 2.24) is 15.2 Å². The largest absolute Gasteiger partial charge is 0.493 e. The Balaban J connectivity index is 1.67. The molecule has 3 aromatic rings. The lowest BCUT2D eigenvalue weighted by Crippen LogP contribution is -2.32. The number of alkyl halides is 3. The summed E-state index contributed by atoms with van der Waals surface area (Å²) in [4.78, 5) is 41.8. The number of halogens is 5. The minimum Gasteiger partial charge on any atom is -0.493 e. The molecule has 0 aliphatic carbocycles. The van der Waals surface area contributed by atoms with Gasteiger partial charge in [0.15, 0.2) is 11.5 Å². The fourth-order valence-electron chi connectivity index (χ4n) is 4.41. The number of carbonyl (C=O) groups is 2. The molecule has 0 saturated carbocycles. The zero-order valence-electron chi connectivity index (χ0n) is 24.2. The van der Waals surface area contributed by atoms with Gasteiger partial charge in [-0.25, -0.2) is 4.79 Å². The molecule has 2 heterocycles. The summed E-state index contributed by atoms with van der Waals surface area (Å²) < 4.78 is 57.0. The number of carbonyl (C=O) groups excluding carboxylic acids is 2. The van der Waals surface area contributed by atoms with Crippen LogP contribution in [0.4, 0.5) is 18.0 Å². The number of aromatic amines is 1. The first-order valence-electron chi connectivity index (χ1n) is 13.0. The molecule has 1 aromatic heterocycles. The normalized spacial score (nSPS) is 13.0. The van der Waals surface area contributed by atoms with E-state index in [1.807, 2.05) is 0 Å². The Bertz CT molecular complexity index is 1620. The Hall–Kier alpha value is -3.55. The number of nitrogens with zero attached hydrogens (tertiary/aromatic N) is 1.